The highest BCUT2D eigenvalue weighted by molar-refractivity contribution is 9.10. The van der Waals surface area contributed by atoms with Crippen LogP contribution in [0.1, 0.15) is 21.5 Å². The summed E-state index contributed by atoms with van der Waals surface area (Å²) in [6.45, 7) is 0.374. The molecule has 1 amide bonds. The third-order valence-electron chi connectivity index (χ3n) is 3.82. The Balaban J connectivity index is 1.56. The fourth-order valence-electron chi connectivity index (χ4n) is 2.34. The lowest BCUT2D eigenvalue weighted by molar-refractivity contribution is 0.0952. The van der Waals surface area contributed by atoms with Crippen LogP contribution in [0.4, 0.5) is 0 Å². The van der Waals surface area contributed by atoms with Gasteiger partial charge in [-0.1, -0.05) is 45.7 Å². The van der Waals surface area contributed by atoms with Crippen molar-refractivity contribution < 1.29 is 14.6 Å². The molecule has 0 heterocycles. The second kappa shape index (κ2) is 9.39. The zero-order chi connectivity index (χ0) is 19.9. The molecule has 0 saturated heterocycles. The van der Waals surface area contributed by atoms with Gasteiger partial charge in [0, 0.05) is 15.1 Å². The van der Waals surface area contributed by atoms with E-state index in [9.17, 15) is 9.90 Å². The molecule has 3 aromatic rings. The first-order chi connectivity index (χ1) is 13.5. The molecule has 0 aliphatic rings. The molecule has 3 aromatic carbocycles. The monoisotopic (exact) mass is 458 g/mol. The molecule has 0 aliphatic carbocycles. The van der Waals surface area contributed by atoms with Crippen LogP contribution in [0.3, 0.4) is 0 Å². The van der Waals surface area contributed by atoms with Gasteiger partial charge in [0.15, 0.2) is 0 Å². The van der Waals surface area contributed by atoms with Gasteiger partial charge in [-0.15, -0.1) is 0 Å². The lowest BCUT2D eigenvalue weighted by Gasteiger charge is -2.07. The summed E-state index contributed by atoms with van der Waals surface area (Å²) in [5, 5.41) is 14.3. The summed E-state index contributed by atoms with van der Waals surface area (Å²) in [5.41, 5.74) is 4.21. The maximum atomic E-state index is 12.1. The lowest BCUT2D eigenvalue weighted by atomic mass is 10.2. The molecule has 142 valence electrons. The van der Waals surface area contributed by atoms with Crippen LogP contribution in [0, 0.1) is 0 Å². The Morgan fingerprint density at radius 3 is 2.64 bits per heavy atom. The van der Waals surface area contributed by atoms with Crippen LogP contribution < -0.4 is 10.2 Å². The van der Waals surface area contributed by atoms with E-state index in [0.29, 0.717) is 21.9 Å². The van der Waals surface area contributed by atoms with E-state index < -0.39 is 5.91 Å². The maximum Gasteiger partial charge on any atom is 0.275 e. The van der Waals surface area contributed by atoms with Crippen LogP contribution >= 0.6 is 27.5 Å². The Morgan fingerprint density at radius 1 is 1.14 bits per heavy atom. The van der Waals surface area contributed by atoms with Crippen LogP contribution in [-0.4, -0.2) is 17.2 Å². The molecule has 0 bridgehead atoms. The van der Waals surface area contributed by atoms with E-state index in [1.807, 2.05) is 36.4 Å². The molecule has 7 heteroatoms. The SMILES string of the molecule is O=C(N/N=C/c1ccc(OCc2ccccc2Cl)cc1)c1cc(Br)ccc1O. The van der Waals surface area contributed by atoms with Crippen LogP contribution in [0.2, 0.25) is 5.02 Å². The van der Waals surface area contributed by atoms with Crippen LogP contribution in [0.25, 0.3) is 0 Å². The number of aromatic hydroxyl groups is 1. The molecule has 0 radical (unpaired) electrons. The molecule has 0 unspecified atom stereocenters. The van der Waals surface area contributed by atoms with E-state index in [-0.39, 0.29) is 11.3 Å². The third-order valence-corrected chi connectivity index (χ3v) is 4.68. The summed E-state index contributed by atoms with van der Waals surface area (Å²) in [6.07, 6.45) is 1.50. The van der Waals surface area contributed by atoms with Gasteiger partial charge in [0.1, 0.15) is 18.1 Å². The molecule has 0 aromatic heterocycles. The largest absolute Gasteiger partial charge is 0.507 e. The highest BCUT2D eigenvalue weighted by atomic mass is 79.9. The number of phenolic OH excluding ortho intramolecular Hbond substituents is 1. The quantitative estimate of drug-likeness (QED) is 0.395. The van der Waals surface area contributed by atoms with Gasteiger partial charge in [0.25, 0.3) is 5.91 Å². The van der Waals surface area contributed by atoms with Gasteiger partial charge < -0.3 is 9.84 Å². The number of amides is 1. The van der Waals surface area contributed by atoms with Crippen LogP contribution in [0.15, 0.2) is 76.3 Å². The number of hydrogen-bond donors (Lipinski definition) is 2. The molecule has 0 aliphatic heterocycles. The second-order valence-corrected chi connectivity index (χ2v) is 7.13. The molecule has 28 heavy (non-hydrogen) atoms. The Kier molecular flexibility index (Phi) is 6.68. The first kappa shape index (κ1) is 19.9. The molecule has 5 nitrogen and oxygen atoms in total. The predicted molar refractivity (Wildman–Crippen MR) is 113 cm³/mol. The van der Waals surface area contributed by atoms with Crippen molar-refractivity contribution >= 4 is 39.7 Å². The van der Waals surface area contributed by atoms with Crippen molar-refractivity contribution in [3.8, 4) is 11.5 Å². The number of hydrazone groups is 1. The van der Waals surface area contributed by atoms with Crippen molar-refractivity contribution in [2.75, 3.05) is 0 Å². The number of halogens is 2. The summed E-state index contributed by atoms with van der Waals surface area (Å²) in [4.78, 5) is 12.1. The first-order valence-electron chi connectivity index (χ1n) is 8.31. The smallest absolute Gasteiger partial charge is 0.275 e. The Labute approximate surface area is 175 Å². The molecule has 2 N–H and O–H groups in total. The van der Waals surface area contributed by atoms with Gasteiger partial charge >= 0.3 is 0 Å². The van der Waals surface area contributed by atoms with Gasteiger partial charge in [0.2, 0.25) is 0 Å². The number of carbonyl (C=O) groups excluding carboxylic acids is 1. The van der Waals surface area contributed by atoms with Crippen LogP contribution in [-0.2, 0) is 6.61 Å². The number of carbonyl (C=O) groups is 1. The van der Waals surface area contributed by atoms with Crippen molar-refractivity contribution in [1.82, 2.24) is 5.43 Å². The molecule has 0 spiro atoms. The van der Waals surface area contributed by atoms with Gasteiger partial charge in [0.05, 0.1) is 11.8 Å². The number of hydrogen-bond acceptors (Lipinski definition) is 4. The summed E-state index contributed by atoms with van der Waals surface area (Å²) >= 11 is 9.37. The lowest BCUT2D eigenvalue weighted by Crippen LogP contribution is -2.17. The highest BCUT2D eigenvalue weighted by Gasteiger charge is 2.10. The average Bonchev–Trinajstić information content (AvgIpc) is 2.70. The minimum absolute atomic E-state index is 0.115. The van der Waals surface area contributed by atoms with Crippen molar-refractivity contribution in [2.24, 2.45) is 5.10 Å². The minimum atomic E-state index is -0.505. The number of nitrogens with one attached hydrogen (secondary N) is 1. The summed E-state index contributed by atoms with van der Waals surface area (Å²) < 4.78 is 6.41. The van der Waals surface area contributed by atoms with Crippen molar-refractivity contribution in [3.05, 3.63) is 92.9 Å². The molecule has 0 fully saturated rings. The van der Waals surface area contributed by atoms with Crippen molar-refractivity contribution in [1.29, 1.82) is 0 Å². The van der Waals surface area contributed by atoms with E-state index in [4.69, 9.17) is 16.3 Å². The number of phenols is 1. The van der Waals surface area contributed by atoms with Crippen molar-refractivity contribution in [3.63, 3.8) is 0 Å². The molecule has 3 rings (SSSR count). The van der Waals surface area contributed by atoms with Gasteiger partial charge in [-0.25, -0.2) is 5.43 Å². The molecular formula is C21H16BrClN2O3. The van der Waals surface area contributed by atoms with Gasteiger partial charge in [-0.2, -0.15) is 5.10 Å². The number of rotatable bonds is 6. The zero-order valence-electron chi connectivity index (χ0n) is 14.6. The molecule has 0 saturated carbocycles. The van der Waals surface area contributed by atoms with E-state index in [2.05, 4.69) is 26.5 Å². The average molecular weight is 460 g/mol. The van der Waals surface area contributed by atoms with Gasteiger partial charge in [-0.05, 0) is 54.1 Å². The fraction of sp³-hybridized carbons (Fsp3) is 0.0476. The number of nitrogens with zero attached hydrogens (tertiary/aromatic N) is 1. The topological polar surface area (TPSA) is 70.9 Å². The maximum absolute atomic E-state index is 12.1. The zero-order valence-corrected chi connectivity index (χ0v) is 16.9. The number of ether oxygens (including phenoxy) is 1. The predicted octanol–water partition coefficient (Wildman–Crippen LogP) is 5.15. The second-order valence-electron chi connectivity index (χ2n) is 5.81. The summed E-state index contributed by atoms with van der Waals surface area (Å²) in [6, 6.07) is 19.4. The van der Waals surface area contributed by atoms with Gasteiger partial charge in [-0.3, -0.25) is 4.79 Å². The standard InChI is InChI=1S/C21H16BrClN2O3/c22-16-7-10-20(26)18(11-16)21(27)25-24-12-14-5-8-17(9-6-14)28-13-15-3-1-2-4-19(15)23/h1-12,26H,13H2,(H,25,27)/b24-12+. The number of benzene rings is 3. The first-order valence-corrected chi connectivity index (χ1v) is 9.48. The van der Waals surface area contributed by atoms with Crippen LogP contribution in [0.5, 0.6) is 11.5 Å². The fourth-order valence-corrected chi connectivity index (χ4v) is 2.89. The van der Waals surface area contributed by atoms with E-state index in [1.165, 1.54) is 18.3 Å². The van der Waals surface area contributed by atoms with E-state index >= 15 is 0 Å². The normalized spacial score (nSPS) is 10.8. The molecule has 0 atom stereocenters. The summed E-state index contributed by atoms with van der Waals surface area (Å²) in [7, 11) is 0. The minimum Gasteiger partial charge on any atom is -0.507 e. The third kappa shape index (κ3) is 5.34. The Bertz CT molecular complexity index is 1010. The Hall–Kier alpha value is -2.83. The molecular weight excluding hydrogens is 444 g/mol. The Morgan fingerprint density at radius 2 is 1.89 bits per heavy atom. The highest BCUT2D eigenvalue weighted by Crippen LogP contribution is 2.22. The summed E-state index contributed by atoms with van der Waals surface area (Å²) in [5.74, 6) is 0.0748. The van der Waals surface area contributed by atoms with Crippen molar-refractivity contribution in [2.45, 2.75) is 6.61 Å². The van der Waals surface area contributed by atoms with E-state index in [0.717, 1.165) is 11.1 Å². The van der Waals surface area contributed by atoms with E-state index in [1.54, 1.807) is 18.2 Å².